The van der Waals surface area contributed by atoms with Gasteiger partial charge in [-0.25, -0.2) is 0 Å². The molecule has 0 aliphatic rings. The van der Waals surface area contributed by atoms with Crippen LogP contribution in [-0.4, -0.2) is 39.0 Å². The summed E-state index contributed by atoms with van der Waals surface area (Å²) in [6.07, 6.45) is 0.266. The summed E-state index contributed by atoms with van der Waals surface area (Å²) in [5.41, 5.74) is 5.38. The first-order chi connectivity index (χ1) is 7.06. The zero-order valence-electron chi connectivity index (χ0n) is 9.95. The van der Waals surface area contributed by atoms with E-state index in [9.17, 15) is 4.79 Å². The molecule has 15 heavy (non-hydrogen) atoms. The Morgan fingerprint density at radius 2 is 1.87 bits per heavy atom. The van der Waals surface area contributed by atoms with Crippen molar-refractivity contribution in [1.82, 2.24) is 5.32 Å². The van der Waals surface area contributed by atoms with Gasteiger partial charge in [-0.05, 0) is 19.9 Å². The number of hydrogen-bond acceptors (Lipinski definition) is 4. The summed E-state index contributed by atoms with van der Waals surface area (Å²) in [4.78, 5) is 11.6. The Hall–Kier alpha value is -0.650. The minimum Gasteiger partial charge on any atom is -0.354 e. The van der Waals surface area contributed by atoms with Crippen molar-refractivity contribution < 1.29 is 14.3 Å². The third-order valence-corrected chi connectivity index (χ3v) is 2.29. The van der Waals surface area contributed by atoms with E-state index in [-0.39, 0.29) is 17.9 Å². The molecule has 0 aromatic rings. The molecule has 5 heteroatoms. The minimum absolute atomic E-state index is 0.0212. The summed E-state index contributed by atoms with van der Waals surface area (Å²) in [7, 11) is 3.08. The highest BCUT2D eigenvalue weighted by Crippen LogP contribution is 2.03. The molecule has 2 atom stereocenters. The van der Waals surface area contributed by atoms with Crippen molar-refractivity contribution >= 4 is 5.91 Å². The Kier molecular flexibility index (Phi) is 7.29. The topological polar surface area (TPSA) is 73.6 Å². The minimum atomic E-state index is -0.418. The summed E-state index contributed by atoms with van der Waals surface area (Å²) >= 11 is 0. The second-order valence-electron chi connectivity index (χ2n) is 3.62. The van der Waals surface area contributed by atoms with Gasteiger partial charge in [0.1, 0.15) is 0 Å². The van der Waals surface area contributed by atoms with E-state index in [4.69, 9.17) is 15.2 Å². The lowest BCUT2D eigenvalue weighted by atomic mass is 10.1. The molecule has 2 unspecified atom stereocenters. The first-order valence-electron chi connectivity index (χ1n) is 5.12. The van der Waals surface area contributed by atoms with Gasteiger partial charge in [0.25, 0.3) is 0 Å². The predicted octanol–water partition coefficient (Wildman–Crippen LogP) is 0.0949. The summed E-state index contributed by atoms with van der Waals surface area (Å²) in [5, 5.41) is 2.82. The predicted molar refractivity (Wildman–Crippen MR) is 58.2 cm³/mol. The molecule has 0 aromatic carbocycles. The quantitative estimate of drug-likeness (QED) is 0.594. The molecule has 0 aromatic heterocycles. The summed E-state index contributed by atoms with van der Waals surface area (Å²) < 4.78 is 10.1. The SMILES string of the molecule is COC(OC)C(C)NC(=O)C(C)CCN. The van der Waals surface area contributed by atoms with Crippen molar-refractivity contribution in [3.63, 3.8) is 0 Å². The molecular weight excluding hydrogens is 196 g/mol. The van der Waals surface area contributed by atoms with Gasteiger partial charge in [0.05, 0.1) is 6.04 Å². The highest BCUT2D eigenvalue weighted by atomic mass is 16.7. The van der Waals surface area contributed by atoms with Crippen LogP contribution in [0.4, 0.5) is 0 Å². The van der Waals surface area contributed by atoms with E-state index in [0.29, 0.717) is 13.0 Å². The summed E-state index contributed by atoms with van der Waals surface area (Å²) in [5.74, 6) is -0.0983. The van der Waals surface area contributed by atoms with Crippen LogP contribution in [-0.2, 0) is 14.3 Å². The van der Waals surface area contributed by atoms with E-state index >= 15 is 0 Å². The van der Waals surface area contributed by atoms with Gasteiger partial charge in [0.2, 0.25) is 5.91 Å². The van der Waals surface area contributed by atoms with Crippen LogP contribution in [0, 0.1) is 5.92 Å². The number of rotatable bonds is 7. The van der Waals surface area contributed by atoms with Crippen LogP contribution in [0.3, 0.4) is 0 Å². The molecule has 0 fully saturated rings. The lowest BCUT2D eigenvalue weighted by Gasteiger charge is -2.23. The van der Waals surface area contributed by atoms with E-state index < -0.39 is 6.29 Å². The molecule has 0 bridgehead atoms. The molecule has 0 heterocycles. The van der Waals surface area contributed by atoms with E-state index in [1.807, 2.05) is 13.8 Å². The van der Waals surface area contributed by atoms with Crippen molar-refractivity contribution in [1.29, 1.82) is 0 Å². The van der Waals surface area contributed by atoms with Crippen LogP contribution < -0.4 is 11.1 Å². The van der Waals surface area contributed by atoms with Gasteiger partial charge in [-0.2, -0.15) is 0 Å². The molecule has 90 valence electrons. The number of hydrogen-bond donors (Lipinski definition) is 2. The fraction of sp³-hybridized carbons (Fsp3) is 0.900. The Morgan fingerprint density at radius 1 is 1.33 bits per heavy atom. The standard InChI is InChI=1S/C10H22N2O3/c1-7(5-6-11)9(13)12-8(2)10(14-3)15-4/h7-8,10H,5-6,11H2,1-4H3,(H,12,13). The van der Waals surface area contributed by atoms with E-state index in [2.05, 4.69) is 5.32 Å². The zero-order valence-corrected chi connectivity index (χ0v) is 9.95. The second-order valence-corrected chi connectivity index (χ2v) is 3.62. The largest absolute Gasteiger partial charge is 0.354 e. The van der Waals surface area contributed by atoms with E-state index in [1.54, 1.807) is 14.2 Å². The molecule has 3 N–H and O–H groups in total. The maximum absolute atomic E-state index is 11.6. The first-order valence-corrected chi connectivity index (χ1v) is 5.12. The van der Waals surface area contributed by atoms with Crippen molar-refractivity contribution in [2.75, 3.05) is 20.8 Å². The van der Waals surface area contributed by atoms with Crippen LogP contribution in [0.15, 0.2) is 0 Å². The monoisotopic (exact) mass is 218 g/mol. The third-order valence-electron chi connectivity index (χ3n) is 2.29. The van der Waals surface area contributed by atoms with Gasteiger partial charge in [-0.1, -0.05) is 6.92 Å². The zero-order chi connectivity index (χ0) is 11.8. The van der Waals surface area contributed by atoms with Crippen molar-refractivity contribution in [2.24, 2.45) is 11.7 Å². The molecular formula is C10H22N2O3. The average molecular weight is 218 g/mol. The third kappa shape index (κ3) is 5.11. The molecule has 1 amide bonds. The molecule has 0 spiro atoms. The van der Waals surface area contributed by atoms with Crippen LogP contribution in [0.5, 0.6) is 0 Å². The number of carbonyl (C=O) groups excluding carboxylic acids is 1. The number of nitrogens with one attached hydrogen (secondary N) is 1. The van der Waals surface area contributed by atoms with Crippen LogP contribution in [0.25, 0.3) is 0 Å². The maximum Gasteiger partial charge on any atom is 0.223 e. The maximum atomic E-state index is 11.6. The molecule has 0 saturated heterocycles. The molecule has 0 aliphatic heterocycles. The van der Waals surface area contributed by atoms with Gasteiger partial charge in [-0.3, -0.25) is 4.79 Å². The normalized spacial score (nSPS) is 15.1. The smallest absolute Gasteiger partial charge is 0.223 e. The number of nitrogens with two attached hydrogens (primary N) is 1. The van der Waals surface area contributed by atoms with Crippen molar-refractivity contribution in [3.05, 3.63) is 0 Å². The van der Waals surface area contributed by atoms with Gasteiger partial charge >= 0.3 is 0 Å². The molecule has 0 aliphatic carbocycles. The van der Waals surface area contributed by atoms with Gasteiger partial charge in [0.15, 0.2) is 6.29 Å². The average Bonchev–Trinajstić information content (AvgIpc) is 2.19. The molecule has 0 rings (SSSR count). The van der Waals surface area contributed by atoms with Crippen LogP contribution in [0.2, 0.25) is 0 Å². The summed E-state index contributed by atoms with van der Waals surface area (Å²) in [6, 6.07) is -0.173. The fourth-order valence-corrected chi connectivity index (χ4v) is 1.32. The van der Waals surface area contributed by atoms with E-state index in [0.717, 1.165) is 0 Å². The lowest BCUT2D eigenvalue weighted by molar-refractivity contribution is -0.138. The fourth-order valence-electron chi connectivity index (χ4n) is 1.32. The molecule has 0 saturated carbocycles. The Balaban J connectivity index is 4.04. The first kappa shape index (κ1) is 14.3. The van der Waals surface area contributed by atoms with Gasteiger partial charge < -0.3 is 20.5 Å². The Bertz CT molecular complexity index is 184. The number of amides is 1. The highest BCUT2D eigenvalue weighted by molar-refractivity contribution is 5.78. The van der Waals surface area contributed by atoms with Crippen molar-refractivity contribution in [3.8, 4) is 0 Å². The number of ether oxygens (including phenoxy) is 2. The van der Waals surface area contributed by atoms with Crippen molar-refractivity contribution in [2.45, 2.75) is 32.6 Å². The van der Waals surface area contributed by atoms with Crippen LogP contribution in [0.1, 0.15) is 20.3 Å². The number of carbonyl (C=O) groups is 1. The van der Waals surface area contributed by atoms with Crippen LogP contribution >= 0.6 is 0 Å². The lowest BCUT2D eigenvalue weighted by Crippen LogP contribution is -2.45. The summed E-state index contributed by atoms with van der Waals surface area (Å²) in [6.45, 7) is 4.20. The Labute approximate surface area is 91.3 Å². The second kappa shape index (κ2) is 7.62. The molecule has 5 nitrogen and oxygen atoms in total. The van der Waals surface area contributed by atoms with E-state index in [1.165, 1.54) is 0 Å². The Morgan fingerprint density at radius 3 is 2.27 bits per heavy atom. The number of methoxy groups -OCH3 is 2. The highest BCUT2D eigenvalue weighted by Gasteiger charge is 2.20. The van der Waals surface area contributed by atoms with Gasteiger partial charge in [0, 0.05) is 20.1 Å². The van der Waals surface area contributed by atoms with Gasteiger partial charge in [-0.15, -0.1) is 0 Å². The molecule has 0 radical (unpaired) electrons.